The highest BCUT2D eigenvalue weighted by molar-refractivity contribution is 7.85. The van der Waals surface area contributed by atoms with Gasteiger partial charge in [0.25, 0.3) is 10.1 Å². The van der Waals surface area contributed by atoms with E-state index in [4.69, 9.17) is 5.11 Å². The second kappa shape index (κ2) is 8.23. The molecule has 1 aromatic rings. The molecule has 0 aliphatic heterocycles. The monoisotopic (exact) mass is 314 g/mol. The van der Waals surface area contributed by atoms with Crippen molar-refractivity contribution in [1.29, 1.82) is 0 Å². The largest absolute Gasteiger partial charge is 0.398 e. The fourth-order valence-electron chi connectivity index (χ4n) is 1.26. The van der Waals surface area contributed by atoms with Crippen LogP contribution in [0.3, 0.4) is 0 Å². The Morgan fingerprint density at radius 2 is 1.70 bits per heavy atom. The molecule has 0 heterocycles. The minimum atomic E-state index is -4.55. The Morgan fingerprint density at radius 3 is 2.05 bits per heavy atom. The normalized spacial score (nSPS) is 13.3. The summed E-state index contributed by atoms with van der Waals surface area (Å²) in [6, 6.07) is 7.05. The zero-order valence-electron chi connectivity index (χ0n) is 11.1. The molecule has 0 aromatic heterocycles. The fraction of sp³-hybridized carbons (Fsp3) is 0.500. The molecule has 20 heavy (non-hydrogen) atoms. The summed E-state index contributed by atoms with van der Waals surface area (Å²) in [5.41, 5.74) is -0.0244. The van der Waals surface area contributed by atoms with Crippen molar-refractivity contribution in [1.82, 2.24) is 0 Å². The van der Waals surface area contributed by atoms with E-state index in [1.165, 1.54) is 24.3 Å². The van der Waals surface area contributed by atoms with Gasteiger partial charge in [-0.1, -0.05) is 30.3 Å². The van der Waals surface area contributed by atoms with E-state index in [0.717, 1.165) is 0 Å². The molecule has 1 atom stereocenters. The van der Waals surface area contributed by atoms with E-state index in [1.807, 2.05) is 0 Å². The Hall–Kier alpha value is -1.12. The van der Waals surface area contributed by atoms with E-state index in [-0.39, 0.29) is 12.2 Å². The molecule has 0 bridgehead atoms. The van der Waals surface area contributed by atoms with Gasteiger partial charge >= 0.3 is 6.18 Å². The van der Waals surface area contributed by atoms with Crippen LogP contribution in [-0.4, -0.2) is 39.2 Å². The van der Waals surface area contributed by atoms with Gasteiger partial charge in [-0.25, -0.2) is 0 Å². The van der Waals surface area contributed by atoms with E-state index in [9.17, 15) is 21.6 Å². The topological polar surface area (TPSA) is 63.6 Å². The van der Waals surface area contributed by atoms with Gasteiger partial charge in [-0.3, -0.25) is 4.18 Å². The van der Waals surface area contributed by atoms with Crippen LogP contribution in [-0.2, 0) is 14.3 Å². The number of halogens is 3. The Balaban J connectivity index is 0.00000110. The number of aliphatic hydroxyl groups excluding tert-OH is 1. The maximum absolute atomic E-state index is 12.7. The van der Waals surface area contributed by atoms with Crippen LogP contribution in [0.1, 0.15) is 18.4 Å². The Bertz CT molecular complexity index is 471. The van der Waals surface area contributed by atoms with E-state index < -0.39 is 28.8 Å². The van der Waals surface area contributed by atoms with Gasteiger partial charge in [0.05, 0.1) is 12.9 Å². The van der Waals surface area contributed by atoms with Crippen molar-refractivity contribution in [2.45, 2.75) is 19.0 Å². The molecule has 0 aliphatic rings. The SMILES string of the molecule is CCO.CS(=O)(=O)OCC(c1ccccc1)C(F)(F)F. The molecule has 0 spiro atoms. The third-order valence-electron chi connectivity index (χ3n) is 2.05. The Labute approximate surface area is 116 Å². The summed E-state index contributed by atoms with van der Waals surface area (Å²) in [5, 5.41) is 7.57. The lowest BCUT2D eigenvalue weighted by molar-refractivity contribution is -0.156. The molecule has 116 valence electrons. The van der Waals surface area contributed by atoms with Crippen LogP contribution in [0, 0.1) is 0 Å². The number of hydrogen-bond donors (Lipinski definition) is 1. The highest BCUT2D eigenvalue weighted by atomic mass is 32.2. The lowest BCUT2D eigenvalue weighted by atomic mass is 10.00. The highest BCUT2D eigenvalue weighted by Crippen LogP contribution is 2.35. The predicted molar refractivity (Wildman–Crippen MR) is 68.8 cm³/mol. The second-order valence-electron chi connectivity index (χ2n) is 3.81. The van der Waals surface area contributed by atoms with Crippen LogP contribution in [0.15, 0.2) is 30.3 Å². The maximum atomic E-state index is 12.7. The fourth-order valence-corrected chi connectivity index (χ4v) is 1.64. The molecule has 1 unspecified atom stereocenters. The molecule has 0 aliphatic carbocycles. The molecule has 1 rings (SSSR count). The van der Waals surface area contributed by atoms with Gasteiger partial charge in [0, 0.05) is 6.61 Å². The first kappa shape index (κ1) is 18.9. The van der Waals surface area contributed by atoms with Crippen molar-refractivity contribution in [2.75, 3.05) is 19.5 Å². The van der Waals surface area contributed by atoms with E-state index in [1.54, 1.807) is 13.0 Å². The maximum Gasteiger partial charge on any atom is 0.398 e. The van der Waals surface area contributed by atoms with Crippen LogP contribution < -0.4 is 0 Å². The molecule has 0 amide bonds. The molecule has 1 N–H and O–H groups in total. The molecule has 0 radical (unpaired) electrons. The number of aliphatic hydroxyl groups is 1. The second-order valence-corrected chi connectivity index (χ2v) is 5.45. The van der Waals surface area contributed by atoms with Crippen molar-refractivity contribution in [2.24, 2.45) is 0 Å². The lowest BCUT2D eigenvalue weighted by Crippen LogP contribution is -2.26. The van der Waals surface area contributed by atoms with Crippen molar-refractivity contribution in [3.63, 3.8) is 0 Å². The number of alkyl halides is 3. The number of benzene rings is 1. The average molecular weight is 314 g/mol. The Morgan fingerprint density at radius 1 is 1.25 bits per heavy atom. The molecule has 8 heteroatoms. The molecule has 0 fully saturated rings. The molecular formula is C12H17F3O4S. The third-order valence-corrected chi connectivity index (χ3v) is 2.61. The average Bonchev–Trinajstić information content (AvgIpc) is 2.28. The summed E-state index contributed by atoms with van der Waals surface area (Å²) in [4.78, 5) is 0. The van der Waals surface area contributed by atoms with Gasteiger partial charge in [-0.15, -0.1) is 0 Å². The Kier molecular flexibility index (Phi) is 7.77. The van der Waals surface area contributed by atoms with Gasteiger partial charge in [0.15, 0.2) is 0 Å². The summed E-state index contributed by atoms with van der Waals surface area (Å²) in [7, 11) is -3.89. The summed E-state index contributed by atoms with van der Waals surface area (Å²) in [6.07, 6.45) is -3.84. The van der Waals surface area contributed by atoms with Crippen molar-refractivity contribution in [3.8, 4) is 0 Å². The van der Waals surface area contributed by atoms with Crippen LogP contribution >= 0.6 is 0 Å². The van der Waals surface area contributed by atoms with Crippen LogP contribution in [0.2, 0.25) is 0 Å². The zero-order valence-corrected chi connectivity index (χ0v) is 11.9. The predicted octanol–water partition coefficient (Wildman–Crippen LogP) is 2.31. The molecule has 4 nitrogen and oxygen atoms in total. The standard InChI is InChI=1S/C10H11F3O3S.C2H6O/c1-17(14,15)16-7-9(10(11,12)13)8-5-3-2-4-6-8;1-2-3/h2-6,9H,7H2,1H3;3H,2H2,1H3. The molecule has 1 aromatic carbocycles. The van der Waals surface area contributed by atoms with Gasteiger partial charge in [-0.05, 0) is 12.5 Å². The quantitative estimate of drug-likeness (QED) is 0.866. The van der Waals surface area contributed by atoms with Crippen LogP contribution in [0.4, 0.5) is 13.2 Å². The van der Waals surface area contributed by atoms with Crippen LogP contribution in [0.25, 0.3) is 0 Å². The minimum absolute atomic E-state index is 0.0244. The first-order valence-corrected chi connectivity index (χ1v) is 7.50. The summed E-state index contributed by atoms with van der Waals surface area (Å²) < 4.78 is 63.8. The van der Waals surface area contributed by atoms with E-state index >= 15 is 0 Å². The first-order valence-electron chi connectivity index (χ1n) is 5.68. The van der Waals surface area contributed by atoms with Crippen molar-refractivity contribution < 1.29 is 30.9 Å². The molecule has 0 saturated heterocycles. The molecular weight excluding hydrogens is 297 g/mol. The summed E-state index contributed by atoms with van der Waals surface area (Å²) >= 11 is 0. The first-order chi connectivity index (χ1) is 9.11. The number of hydrogen-bond acceptors (Lipinski definition) is 4. The van der Waals surface area contributed by atoms with Gasteiger partial charge in [-0.2, -0.15) is 21.6 Å². The summed E-state index contributed by atoms with van der Waals surface area (Å²) in [5.74, 6) is -1.95. The van der Waals surface area contributed by atoms with E-state index in [0.29, 0.717) is 6.26 Å². The van der Waals surface area contributed by atoms with Gasteiger partial charge in [0.2, 0.25) is 0 Å². The molecule has 0 saturated carbocycles. The lowest BCUT2D eigenvalue weighted by Gasteiger charge is -2.19. The van der Waals surface area contributed by atoms with E-state index in [2.05, 4.69) is 4.18 Å². The smallest absolute Gasteiger partial charge is 0.397 e. The van der Waals surface area contributed by atoms with Crippen LogP contribution in [0.5, 0.6) is 0 Å². The highest BCUT2D eigenvalue weighted by Gasteiger charge is 2.41. The van der Waals surface area contributed by atoms with Gasteiger partial charge < -0.3 is 5.11 Å². The third kappa shape index (κ3) is 8.13. The van der Waals surface area contributed by atoms with Gasteiger partial charge in [0.1, 0.15) is 5.92 Å². The number of rotatable bonds is 4. The minimum Gasteiger partial charge on any atom is -0.397 e. The summed E-state index contributed by atoms with van der Waals surface area (Å²) in [6.45, 7) is 0.992. The van der Waals surface area contributed by atoms with Crippen molar-refractivity contribution in [3.05, 3.63) is 35.9 Å². The zero-order chi connectivity index (χ0) is 15.8. The van der Waals surface area contributed by atoms with Crippen molar-refractivity contribution >= 4 is 10.1 Å².